The van der Waals surface area contributed by atoms with Crippen molar-refractivity contribution in [3.8, 4) is 5.75 Å². The Kier molecular flexibility index (Phi) is 5.05. The molecule has 1 aromatic carbocycles. The number of primary amides is 1. The molecule has 3 N–H and O–H groups in total. The highest BCUT2D eigenvalue weighted by molar-refractivity contribution is 7.89. The number of carbonyl (C=O) groups excluding carboxylic acids is 1. The number of hydrogen-bond acceptors (Lipinski definition) is 5. The lowest BCUT2D eigenvalue weighted by Gasteiger charge is -2.31. The molecule has 0 bridgehead atoms. The van der Waals surface area contributed by atoms with Gasteiger partial charge < -0.3 is 15.8 Å². The molecular formula is C14H21N3O4S. The van der Waals surface area contributed by atoms with Crippen LogP contribution in [0.2, 0.25) is 0 Å². The highest BCUT2D eigenvalue weighted by atomic mass is 32.2. The van der Waals surface area contributed by atoms with Gasteiger partial charge in [-0.15, -0.1) is 0 Å². The van der Waals surface area contributed by atoms with Crippen LogP contribution in [0.25, 0.3) is 0 Å². The molecule has 22 heavy (non-hydrogen) atoms. The van der Waals surface area contributed by atoms with Crippen molar-refractivity contribution in [3.63, 3.8) is 0 Å². The van der Waals surface area contributed by atoms with Crippen molar-refractivity contribution in [1.82, 2.24) is 9.62 Å². The molecular weight excluding hydrogens is 306 g/mol. The number of rotatable bonds is 5. The standard InChI is InChI=1S/C14H21N3O4S/c1-16-10-4-3-7-17(9-10)22(19,20)11-5-6-13(21-2)12(8-11)14(15)18/h5-6,8,10,16H,3-4,7,9H2,1-2H3,(H2,15,18). The molecule has 8 heteroatoms. The smallest absolute Gasteiger partial charge is 0.252 e. The van der Waals surface area contributed by atoms with Gasteiger partial charge in [-0.05, 0) is 38.1 Å². The lowest BCUT2D eigenvalue weighted by atomic mass is 10.1. The van der Waals surface area contributed by atoms with Crippen LogP contribution in [0, 0.1) is 0 Å². The minimum Gasteiger partial charge on any atom is -0.496 e. The molecule has 7 nitrogen and oxygen atoms in total. The number of methoxy groups -OCH3 is 1. The Bertz CT molecular complexity index is 660. The van der Waals surface area contributed by atoms with Crippen LogP contribution >= 0.6 is 0 Å². The van der Waals surface area contributed by atoms with E-state index in [0.717, 1.165) is 12.8 Å². The van der Waals surface area contributed by atoms with Crippen LogP contribution in [0.4, 0.5) is 0 Å². The predicted molar refractivity (Wildman–Crippen MR) is 82.4 cm³/mol. The Morgan fingerprint density at radius 3 is 2.77 bits per heavy atom. The van der Waals surface area contributed by atoms with Crippen LogP contribution in [-0.4, -0.2) is 51.9 Å². The SMILES string of the molecule is CNC1CCCN(S(=O)(=O)c2ccc(OC)c(C(N)=O)c2)C1. The lowest BCUT2D eigenvalue weighted by Crippen LogP contribution is -2.46. The number of nitrogens with zero attached hydrogens (tertiary/aromatic N) is 1. The summed E-state index contributed by atoms with van der Waals surface area (Å²) in [4.78, 5) is 11.5. The molecule has 1 amide bonds. The van der Waals surface area contributed by atoms with Crippen LogP contribution in [0.1, 0.15) is 23.2 Å². The zero-order valence-corrected chi connectivity index (χ0v) is 13.5. The van der Waals surface area contributed by atoms with E-state index in [-0.39, 0.29) is 22.3 Å². The first-order valence-corrected chi connectivity index (χ1v) is 8.49. The van der Waals surface area contributed by atoms with E-state index in [1.54, 1.807) is 0 Å². The van der Waals surface area contributed by atoms with Gasteiger partial charge in [0.1, 0.15) is 5.75 Å². The molecule has 1 unspecified atom stereocenters. The second-order valence-electron chi connectivity index (χ2n) is 5.22. The van der Waals surface area contributed by atoms with Crippen molar-refractivity contribution < 1.29 is 17.9 Å². The van der Waals surface area contributed by atoms with Crippen LogP contribution in [0.5, 0.6) is 5.75 Å². The van der Waals surface area contributed by atoms with Crippen LogP contribution in [-0.2, 0) is 10.0 Å². The van der Waals surface area contributed by atoms with Crippen molar-refractivity contribution in [2.45, 2.75) is 23.8 Å². The maximum atomic E-state index is 12.7. The van der Waals surface area contributed by atoms with Crippen molar-refractivity contribution >= 4 is 15.9 Å². The van der Waals surface area contributed by atoms with Gasteiger partial charge in [-0.2, -0.15) is 4.31 Å². The molecule has 122 valence electrons. The Hall–Kier alpha value is -1.64. The van der Waals surface area contributed by atoms with E-state index >= 15 is 0 Å². The highest BCUT2D eigenvalue weighted by Crippen LogP contribution is 2.26. The fourth-order valence-electron chi connectivity index (χ4n) is 2.59. The van der Waals surface area contributed by atoms with Crippen LogP contribution < -0.4 is 15.8 Å². The summed E-state index contributed by atoms with van der Waals surface area (Å²) < 4.78 is 31.9. The summed E-state index contributed by atoms with van der Waals surface area (Å²) in [5, 5.41) is 3.11. The summed E-state index contributed by atoms with van der Waals surface area (Å²) in [6.07, 6.45) is 1.74. The average Bonchev–Trinajstić information content (AvgIpc) is 2.54. The Labute approximate surface area is 130 Å². The number of sulfonamides is 1. The summed E-state index contributed by atoms with van der Waals surface area (Å²) in [5.41, 5.74) is 5.35. The summed E-state index contributed by atoms with van der Waals surface area (Å²) in [7, 11) is -0.436. The normalized spacial score (nSPS) is 19.8. The van der Waals surface area contributed by atoms with E-state index in [2.05, 4.69) is 5.32 Å². The maximum Gasteiger partial charge on any atom is 0.252 e. The van der Waals surface area contributed by atoms with Gasteiger partial charge in [0.15, 0.2) is 0 Å². The first-order chi connectivity index (χ1) is 10.4. The van der Waals surface area contributed by atoms with Crippen molar-refractivity contribution in [2.24, 2.45) is 5.73 Å². The molecule has 0 radical (unpaired) electrons. The van der Waals surface area contributed by atoms with Gasteiger partial charge in [-0.1, -0.05) is 0 Å². The number of piperidine rings is 1. The van der Waals surface area contributed by atoms with Gasteiger partial charge in [-0.3, -0.25) is 4.79 Å². The Balaban J connectivity index is 2.37. The third kappa shape index (κ3) is 3.23. The summed E-state index contributed by atoms with van der Waals surface area (Å²) in [6, 6.07) is 4.30. The molecule has 2 rings (SSSR count). The molecule has 1 fully saturated rings. The zero-order valence-electron chi connectivity index (χ0n) is 12.7. The number of benzene rings is 1. The summed E-state index contributed by atoms with van der Waals surface area (Å²) in [6.45, 7) is 0.884. The van der Waals surface area contributed by atoms with Gasteiger partial charge in [0.05, 0.1) is 17.6 Å². The number of nitrogens with two attached hydrogens (primary N) is 1. The van der Waals surface area contributed by atoms with E-state index in [9.17, 15) is 13.2 Å². The number of ether oxygens (including phenoxy) is 1. The molecule has 1 aliphatic heterocycles. The van der Waals surface area contributed by atoms with Gasteiger partial charge in [-0.25, -0.2) is 8.42 Å². The molecule has 1 heterocycles. The van der Waals surface area contributed by atoms with Crippen LogP contribution in [0.3, 0.4) is 0 Å². The fourth-order valence-corrected chi connectivity index (χ4v) is 4.14. The minimum absolute atomic E-state index is 0.0545. The Morgan fingerprint density at radius 2 is 2.18 bits per heavy atom. The van der Waals surface area contributed by atoms with E-state index in [4.69, 9.17) is 10.5 Å². The third-order valence-electron chi connectivity index (χ3n) is 3.87. The molecule has 1 aliphatic rings. The van der Waals surface area contributed by atoms with E-state index < -0.39 is 15.9 Å². The average molecular weight is 327 g/mol. The number of amides is 1. The second-order valence-corrected chi connectivity index (χ2v) is 7.16. The molecule has 0 aromatic heterocycles. The lowest BCUT2D eigenvalue weighted by molar-refractivity contribution is 0.0997. The molecule has 1 saturated heterocycles. The fraction of sp³-hybridized carbons (Fsp3) is 0.500. The summed E-state index contributed by atoms with van der Waals surface area (Å²) in [5.74, 6) is -0.459. The molecule has 0 spiro atoms. The quantitative estimate of drug-likeness (QED) is 0.802. The van der Waals surface area contributed by atoms with Crippen molar-refractivity contribution in [3.05, 3.63) is 23.8 Å². The minimum atomic E-state index is -3.66. The first-order valence-electron chi connectivity index (χ1n) is 7.05. The molecule has 0 aliphatic carbocycles. The van der Waals surface area contributed by atoms with E-state index in [1.807, 2.05) is 7.05 Å². The van der Waals surface area contributed by atoms with Gasteiger partial charge >= 0.3 is 0 Å². The zero-order chi connectivity index (χ0) is 16.3. The number of nitrogens with one attached hydrogen (secondary N) is 1. The second kappa shape index (κ2) is 6.64. The van der Waals surface area contributed by atoms with Gasteiger partial charge in [0, 0.05) is 19.1 Å². The molecule has 0 saturated carbocycles. The van der Waals surface area contributed by atoms with Gasteiger partial charge in [0.2, 0.25) is 10.0 Å². The Morgan fingerprint density at radius 1 is 1.45 bits per heavy atom. The first kappa shape index (κ1) is 16.7. The van der Waals surface area contributed by atoms with Crippen molar-refractivity contribution in [2.75, 3.05) is 27.2 Å². The largest absolute Gasteiger partial charge is 0.496 e. The monoisotopic (exact) mass is 327 g/mol. The number of likely N-dealkylation sites (N-methyl/N-ethyl adjacent to an activating group) is 1. The predicted octanol–water partition coefficient (Wildman–Crippen LogP) is 0.167. The number of hydrogen-bond donors (Lipinski definition) is 2. The van der Waals surface area contributed by atoms with E-state index in [1.165, 1.54) is 29.6 Å². The third-order valence-corrected chi connectivity index (χ3v) is 5.73. The highest BCUT2D eigenvalue weighted by Gasteiger charge is 2.30. The van der Waals surface area contributed by atoms with Crippen LogP contribution in [0.15, 0.2) is 23.1 Å². The summed E-state index contributed by atoms with van der Waals surface area (Å²) >= 11 is 0. The van der Waals surface area contributed by atoms with Gasteiger partial charge in [0.25, 0.3) is 5.91 Å². The molecule has 1 aromatic rings. The maximum absolute atomic E-state index is 12.7. The number of carbonyl (C=O) groups is 1. The molecule has 1 atom stereocenters. The topological polar surface area (TPSA) is 102 Å². The van der Waals surface area contributed by atoms with Crippen molar-refractivity contribution in [1.29, 1.82) is 0 Å². The van der Waals surface area contributed by atoms with E-state index in [0.29, 0.717) is 13.1 Å².